The summed E-state index contributed by atoms with van der Waals surface area (Å²) in [6.07, 6.45) is 6.32. The van der Waals surface area contributed by atoms with Crippen LogP contribution in [-0.4, -0.2) is 28.2 Å². The number of nitrogens with one attached hydrogen (secondary N) is 2. The van der Waals surface area contributed by atoms with E-state index in [4.69, 9.17) is 0 Å². The number of hydrogen-bond donors (Lipinski definition) is 2. The fourth-order valence-electron chi connectivity index (χ4n) is 2.17. The maximum Gasteiger partial charge on any atom is 0.237 e. The Balaban J connectivity index is 1.73. The van der Waals surface area contributed by atoms with Gasteiger partial charge in [0.25, 0.3) is 0 Å². The molecule has 0 spiro atoms. The minimum Gasteiger partial charge on any atom is -0.352 e. The summed E-state index contributed by atoms with van der Waals surface area (Å²) in [6.45, 7) is 2.44. The van der Waals surface area contributed by atoms with E-state index in [0.29, 0.717) is 12.6 Å². The summed E-state index contributed by atoms with van der Waals surface area (Å²) in [4.78, 5) is 11.9. The number of carbonyl (C=O) groups is 1. The standard InChI is InChI=1S/C13H20N4O/c1-10(13(18)16-11-5-2-3-6-11)14-9-12-7-4-8-15-17-12/h4,7-8,10-11,14H,2-3,5-6,9H2,1H3,(H,16,18). The van der Waals surface area contributed by atoms with Crippen molar-refractivity contribution in [3.05, 3.63) is 24.0 Å². The first kappa shape index (κ1) is 13.0. The van der Waals surface area contributed by atoms with Crippen molar-refractivity contribution in [3.8, 4) is 0 Å². The molecule has 0 aliphatic heterocycles. The van der Waals surface area contributed by atoms with E-state index in [2.05, 4.69) is 20.8 Å². The lowest BCUT2D eigenvalue weighted by atomic mass is 10.2. The van der Waals surface area contributed by atoms with E-state index in [-0.39, 0.29) is 11.9 Å². The Morgan fingerprint density at radius 1 is 1.50 bits per heavy atom. The Kier molecular flexibility index (Phi) is 4.64. The van der Waals surface area contributed by atoms with Crippen LogP contribution in [0.25, 0.3) is 0 Å². The third kappa shape index (κ3) is 3.77. The summed E-state index contributed by atoms with van der Waals surface area (Å²) >= 11 is 0. The molecule has 5 nitrogen and oxygen atoms in total. The summed E-state index contributed by atoms with van der Waals surface area (Å²) in [7, 11) is 0. The molecule has 1 aromatic rings. The van der Waals surface area contributed by atoms with Gasteiger partial charge in [0.1, 0.15) is 0 Å². The molecule has 2 rings (SSSR count). The summed E-state index contributed by atoms with van der Waals surface area (Å²) in [5.41, 5.74) is 0.845. The topological polar surface area (TPSA) is 66.9 Å². The molecule has 0 saturated heterocycles. The number of carbonyl (C=O) groups excluding carboxylic acids is 1. The van der Waals surface area contributed by atoms with Crippen LogP contribution in [0.2, 0.25) is 0 Å². The quantitative estimate of drug-likeness (QED) is 0.816. The van der Waals surface area contributed by atoms with Crippen LogP contribution in [0.15, 0.2) is 18.3 Å². The molecule has 1 amide bonds. The Morgan fingerprint density at radius 2 is 2.28 bits per heavy atom. The number of nitrogens with zero attached hydrogens (tertiary/aromatic N) is 2. The van der Waals surface area contributed by atoms with Crippen molar-refractivity contribution in [2.75, 3.05) is 0 Å². The van der Waals surface area contributed by atoms with Gasteiger partial charge in [0.15, 0.2) is 0 Å². The van der Waals surface area contributed by atoms with Crippen molar-refractivity contribution in [3.63, 3.8) is 0 Å². The molecule has 1 aliphatic carbocycles. The van der Waals surface area contributed by atoms with Crippen LogP contribution >= 0.6 is 0 Å². The van der Waals surface area contributed by atoms with Crippen molar-refractivity contribution in [2.24, 2.45) is 0 Å². The Labute approximate surface area is 107 Å². The average molecular weight is 248 g/mol. The number of rotatable bonds is 5. The van der Waals surface area contributed by atoms with Crippen molar-refractivity contribution in [1.82, 2.24) is 20.8 Å². The van der Waals surface area contributed by atoms with E-state index < -0.39 is 0 Å². The molecule has 1 fully saturated rings. The van der Waals surface area contributed by atoms with Crippen LogP contribution in [0.5, 0.6) is 0 Å². The Bertz CT molecular complexity index is 376. The lowest BCUT2D eigenvalue weighted by Gasteiger charge is -2.17. The van der Waals surface area contributed by atoms with E-state index >= 15 is 0 Å². The minimum absolute atomic E-state index is 0.0748. The zero-order valence-electron chi connectivity index (χ0n) is 10.7. The molecule has 5 heteroatoms. The molecule has 98 valence electrons. The van der Waals surface area contributed by atoms with Gasteiger partial charge in [-0.2, -0.15) is 10.2 Å². The maximum atomic E-state index is 11.9. The van der Waals surface area contributed by atoms with Gasteiger partial charge >= 0.3 is 0 Å². The highest BCUT2D eigenvalue weighted by Crippen LogP contribution is 2.17. The fourth-order valence-corrected chi connectivity index (χ4v) is 2.17. The second kappa shape index (κ2) is 6.44. The molecule has 0 bridgehead atoms. The smallest absolute Gasteiger partial charge is 0.237 e. The highest BCUT2D eigenvalue weighted by Gasteiger charge is 2.20. The van der Waals surface area contributed by atoms with E-state index in [9.17, 15) is 4.79 Å². The Morgan fingerprint density at radius 3 is 2.94 bits per heavy atom. The van der Waals surface area contributed by atoms with Crippen LogP contribution < -0.4 is 10.6 Å². The molecule has 0 aromatic carbocycles. The SMILES string of the molecule is CC(NCc1cccnn1)C(=O)NC1CCCC1. The van der Waals surface area contributed by atoms with Crippen molar-refractivity contribution >= 4 is 5.91 Å². The van der Waals surface area contributed by atoms with Gasteiger partial charge in [-0.1, -0.05) is 12.8 Å². The number of aromatic nitrogens is 2. The van der Waals surface area contributed by atoms with Gasteiger partial charge in [-0.3, -0.25) is 4.79 Å². The lowest BCUT2D eigenvalue weighted by Crippen LogP contribution is -2.45. The van der Waals surface area contributed by atoms with Crippen molar-refractivity contribution < 1.29 is 4.79 Å². The van der Waals surface area contributed by atoms with Crippen LogP contribution in [0.1, 0.15) is 38.3 Å². The molecule has 1 aliphatic rings. The zero-order chi connectivity index (χ0) is 12.8. The molecule has 1 unspecified atom stereocenters. The first-order valence-electron chi connectivity index (χ1n) is 6.56. The lowest BCUT2D eigenvalue weighted by molar-refractivity contribution is -0.123. The van der Waals surface area contributed by atoms with Gasteiger partial charge in [0.05, 0.1) is 11.7 Å². The molecule has 2 N–H and O–H groups in total. The van der Waals surface area contributed by atoms with Crippen LogP contribution in [0, 0.1) is 0 Å². The average Bonchev–Trinajstić information content (AvgIpc) is 2.90. The molecule has 1 aromatic heterocycles. The first-order chi connectivity index (χ1) is 8.75. The van der Waals surface area contributed by atoms with Crippen LogP contribution in [0.4, 0.5) is 0 Å². The van der Waals surface area contributed by atoms with Gasteiger partial charge < -0.3 is 10.6 Å². The van der Waals surface area contributed by atoms with Gasteiger partial charge in [-0.25, -0.2) is 0 Å². The number of amides is 1. The molecule has 0 radical (unpaired) electrons. The van der Waals surface area contributed by atoms with Gasteiger partial charge in [0.2, 0.25) is 5.91 Å². The molecular weight excluding hydrogens is 228 g/mol. The summed E-state index contributed by atoms with van der Waals surface area (Å²) in [6, 6.07) is 3.90. The van der Waals surface area contributed by atoms with Crippen molar-refractivity contribution in [1.29, 1.82) is 0 Å². The second-order valence-electron chi connectivity index (χ2n) is 4.81. The molecule has 1 atom stereocenters. The maximum absolute atomic E-state index is 11.9. The van der Waals surface area contributed by atoms with E-state index in [0.717, 1.165) is 18.5 Å². The van der Waals surface area contributed by atoms with Gasteiger partial charge in [-0.15, -0.1) is 0 Å². The molecular formula is C13H20N4O. The largest absolute Gasteiger partial charge is 0.352 e. The van der Waals surface area contributed by atoms with Gasteiger partial charge in [0, 0.05) is 18.8 Å². The summed E-state index contributed by atoms with van der Waals surface area (Å²) in [5.74, 6) is 0.0748. The highest BCUT2D eigenvalue weighted by molar-refractivity contribution is 5.81. The third-order valence-corrected chi connectivity index (χ3v) is 3.31. The monoisotopic (exact) mass is 248 g/mol. The van der Waals surface area contributed by atoms with E-state index in [1.165, 1.54) is 12.8 Å². The minimum atomic E-state index is -0.201. The molecule has 1 saturated carbocycles. The predicted octanol–water partition coefficient (Wildman–Crippen LogP) is 1.01. The Hall–Kier alpha value is -1.49. The molecule has 1 heterocycles. The zero-order valence-corrected chi connectivity index (χ0v) is 10.7. The first-order valence-corrected chi connectivity index (χ1v) is 6.56. The highest BCUT2D eigenvalue weighted by atomic mass is 16.2. The normalized spacial score (nSPS) is 17.6. The van der Waals surface area contributed by atoms with Gasteiger partial charge in [-0.05, 0) is 31.9 Å². The third-order valence-electron chi connectivity index (χ3n) is 3.31. The van der Waals surface area contributed by atoms with Crippen LogP contribution in [-0.2, 0) is 11.3 Å². The van der Waals surface area contributed by atoms with E-state index in [1.54, 1.807) is 6.20 Å². The number of hydrogen-bond acceptors (Lipinski definition) is 4. The summed E-state index contributed by atoms with van der Waals surface area (Å²) in [5, 5.41) is 14.0. The fraction of sp³-hybridized carbons (Fsp3) is 0.615. The summed E-state index contributed by atoms with van der Waals surface area (Å²) < 4.78 is 0. The van der Waals surface area contributed by atoms with E-state index in [1.807, 2.05) is 19.1 Å². The van der Waals surface area contributed by atoms with Crippen LogP contribution in [0.3, 0.4) is 0 Å². The molecule has 18 heavy (non-hydrogen) atoms. The predicted molar refractivity (Wildman–Crippen MR) is 68.7 cm³/mol. The van der Waals surface area contributed by atoms with Crippen molar-refractivity contribution in [2.45, 2.75) is 51.2 Å². The second-order valence-corrected chi connectivity index (χ2v) is 4.81.